The summed E-state index contributed by atoms with van der Waals surface area (Å²) in [4.78, 5) is 13.7. The molecular weight excluding hydrogens is 180 g/mol. The van der Waals surface area contributed by atoms with Gasteiger partial charge in [-0.3, -0.25) is 4.79 Å². The number of hydrogen-bond acceptors (Lipinski definition) is 3. The van der Waals surface area contributed by atoms with Crippen LogP contribution in [-0.2, 0) is 9.53 Å². The van der Waals surface area contributed by atoms with Crippen LogP contribution >= 0.6 is 0 Å². The fraction of sp³-hybridized carbons (Fsp3) is 0.900. The second kappa shape index (κ2) is 4.75. The minimum absolute atomic E-state index is 0.0173. The molecule has 0 aromatic rings. The molecule has 3 unspecified atom stereocenters. The molecule has 0 aromatic heterocycles. The first-order chi connectivity index (χ1) is 6.57. The van der Waals surface area contributed by atoms with Crippen molar-refractivity contribution >= 4 is 5.91 Å². The highest BCUT2D eigenvalue weighted by molar-refractivity contribution is 5.82. The highest BCUT2D eigenvalue weighted by atomic mass is 16.5. The lowest BCUT2D eigenvalue weighted by atomic mass is 10.1. The normalized spacial score (nSPS) is 29.3. The van der Waals surface area contributed by atoms with E-state index in [0.29, 0.717) is 18.6 Å². The largest absolute Gasteiger partial charge is 0.383 e. The summed E-state index contributed by atoms with van der Waals surface area (Å²) < 4.78 is 4.87. The zero-order valence-electron chi connectivity index (χ0n) is 9.19. The number of carbonyl (C=O) groups excluding carboxylic acids is 1. The highest BCUT2D eigenvalue weighted by Crippen LogP contribution is 2.23. The van der Waals surface area contributed by atoms with Gasteiger partial charge in [-0.05, 0) is 19.3 Å². The van der Waals surface area contributed by atoms with Crippen LogP contribution in [0.5, 0.6) is 0 Å². The molecule has 4 heteroatoms. The smallest absolute Gasteiger partial charge is 0.242 e. The number of hydrogen-bond donors (Lipinski definition) is 1. The van der Waals surface area contributed by atoms with E-state index in [-0.39, 0.29) is 5.91 Å². The maximum atomic E-state index is 11.8. The zero-order valence-corrected chi connectivity index (χ0v) is 9.19. The Hall–Kier alpha value is -0.610. The molecule has 82 valence electrons. The van der Waals surface area contributed by atoms with Crippen LogP contribution in [0, 0.1) is 5.92 Å². The van der Waals surface area contributed by atoms with E-state index in [1.807, 2.05) is 4.90 Å². The van der Waals surface area contributed by atoms with Crippen LogP contribution in [0.15, 0.2) is 0 Å². The molecule has 0 spiro atoms. The quantitative estimate of drug-likeness (QED) is 0.709. The van der Waals surface area contributed by atoms with Gasteiger partial charge in [0.25, 0.3) is 0 Å². The fourth-order valence-corrected chi connectivity index (χ4v) is 1.87. The number of rotatable bonds is 3. The van der Waals surface area contributed by atoms with Gasteiger partial charge in [0.2, 0.25) is 5.91 Å². The zero-order chi connectivity index (χ0) is 10.7. The summed E-state index contributed by atoms with van der Waals surface area (Å²) in [5, 5.41) is 0. The lowest BCUT2D eigenvalue weighted by Crippen LogP contribution is -2.47. The van der Waals surface area contributed by atoms with E-state index in [1.165, 1.54) is 0 Å². The first-order valence-corrected chi connectivity index (χ1v) is 5.13. The van der Waals surface area contributed by atoms with E-state index in [0.717, 1.165) is 13.0 Å². The molecule has 1 saturated heterocycles. The number of nitrogens with two attached hydrogens (primary N) is 1. The molecule has 14 heavy (non-hydrogen) atoms. The molecule has 0 saturated carbocycles. The molecule has 1 aliphatic rings. The number of likely N-dealkylation sites (tertiary alicyclic amines) is 1. The maximum Gasteiger partial charge on any atom is 0.242 e. The predicted octanol–water partition coefficient (Wildman–Crippen LogP) is 0.217. The molecule has 0 bridgehead atoms. The van der Waals surface area contributed by atoms with Crippen molar-refractivity contribution in [3.05, 3.63) is 0 Å². The van der Waals surface area contributed by atoms with Gasteiger partial charge < -0.3 is 15.4 Å². The monoisotopic (exact) mass is 200 g/mol. The van der Waals surface area contributed by atoms with E-state index < -0.39 is 6.04 Å². The van der Waals surface area contributed by atoms with Crippen LogP contribution < -0.4 is 5.73 Å². The van der Waals surface area contributed by atoms with Gasteiger partial charge in [0.15, 0.2) is 0 Å². The number of ether oxygens (including phenoxy) is 1. The van der Waals surface area contributed by atoms with E-state index in [1.54, 1.807) is 7.11 Å². The predicted molar refractivity (Wildman–Crippen MR) is 54.8 cm³/mol. The number of nitrogens with zero attached hydrogens (tertiary/aromatic N) is 1. The van der Waals surface area contributed by atoms with Crippen molar-refractivity contribution in [2.24, 2.45) is 11.7 Å². The van der Waals surface area contributed by atoms with Crippen LogP contribution in [0.1, 0.15) is 20.3 Å². The van der Waals surface area contributed by atoms with Crippen molar-refractivity contribution in [1.82, 2.24) is 4.90 Å². The Labute approximate surface area is 85.4 Å². The Morgan fingerprint density at radius 1 is 1.64 bits per heavy atom. The van der Waals surface area contributed by atoms with Gasteiger partial charge in [-0.25, -0.2) is 0 Å². The van der Waals surface area contributed by atoms with Gasteiger partial charge in [0.05, 0.1) is 6.61 Å². The highest BCUT2D eigenvalue weighted by Gasteiger charge is 2.33. The van der Waals surface area contributed by atoms with Crippen molar-refractivity contribution in [2.45, 2.75) is 32.4 Å². The number of carbonyl (C=O) groups is 1. The summed E-state index contributed by atoms with van der Waals surface area (Å²) >= 11 is 0. The van der Waals surface area contributed by atoms with E-state index in [2.05, 4.69) is 13.8 Å². The first-order valence-electron chi connectivity index (χ1n) is 5.13. The average molecular weight is 200 g/mol. The molecule has 4 nitrogen and oxygen atoms in total. The number of methoxy groups -OCH3 is 1. The topological polar surface area (TPSA) is 55.6 Å². The fourth-order valence-electron chi connectivity index (χ4n) is 1.87. The number of amides is 1. The van der Waals surface area contributed by atoms with E-state index in [4.69, 9.17) is 10.5 Å². The average Bonchev–Trinajstić information content (AvgIpc) is 2.47. The Bertz CT molecular complexity index is 208. The summed E-state index contributed by atoms with van der Waals surface area (Å²) in [5.41, 5.74) is 5.70. The molecule has 1 rings (SSSR count). The van der Waals surface area contributed by atoms with Crippen molar-refractivity contribution < 1.29 is 9.53 Å². The Balaban J connectivity index is 2.52. The molecule has 0 aromatic carbocycles. The van der Waals surface area contributed by atoms with Crippen molar-refractivity contribution in [3.8, 4) is 0 Å². The van der Waals surface area contributed by atoms with E-state index in [9.17, 15) is 4.79 Å². The summed E-state index contributed by atoms with van der Waals surface area (Å²) in [6, 6.07) is -0.196. The maximum absolute atomic E-state index is 11.8. The van der Waals surface area contributed by atoms with Crippen LogP contribution in [0.4, 0.5) is 0 Å². The Morgan fingerprint density at radius 3 is 2.71 bits per heavy atom. The third-order valence-corrected chi connectivity index (χ3v) is 3.09. The van der Waals surface area contributed by atoms with Gasteiger partial charge in [0, 0.05) is 19.7 Å². The molecule has 2 N–H and O–H groups in total. The van der Waals surface area contributed by atoms with Crippen molar-refractivity contribution in [3.63, 3.8) is 0 Å². The minimum atomic E-state index is -0.507. The Kier molecular flexibility index (Phi) is 3.89. The van der Waals surface area contributed by atoms with Crippen LogP contribution in [0.3, 0.4) is 0 Å². The van der Waals surface area contributed by atoms with Gasteiger partial charge in [-0.2, -0.15) is 0 Å². The molecule has 0 aliphatic carbocycles. The third kappa shape index (κ3) is 2.25. The molecule has 1 heterocycles. The minimum Gasteiger partial charge on any atom is -0.383 e. The molecule has 1 aliphatic heterocycles. The van der Waals surface area contributed by atoms with Crippen LogP contribution in [0.2, 0.25) is 0 Å². The molecule has 3 atom stereocenters. The second-order valence-corrected chi connectivity index (χ2v) is 4.10. The first kappa shape index (κ1) is 11.5. The van der Waals surface area contributed by atoms with Crippen molar-refractivity contribution in [1.29, 1.82) is 0 Å². The molecule has 1 fully saturated rings. The van der Waals surface area contributed by atoms with Gasteiger partial charge >= 0.3 is 0 Å². The van der Waals surface area contributed by atoms with Gasteiger partial charge in [0.1, 0.15) is 6.04 Å². The van der Waals surface area contributed by atoms with Gasteiger partial charge in [-0.15, -0.1) is 0 Å². The molecule has 1 amide bonds. The van der Waals surface area contributed by atoms with Crippen LogP contribution in [-0.4, -0.2) is 43.2 Å². The summed E-state index contributed by atoms with van der Waals surface area (Å²) in [6.45, 7) is 5.38. The Morgan fingerprint density at radius 2 is 2.29 bits per heavy atom. The lowest BCUT2D eigenvalue weighted by Gasteiger charge is -2.26. The van der Waals surface area contributed by atoms with Crippen LogP contribution in [0.25, 0.3) is 0 Å². The van der Waals surface area contributed by atoms with Crippen molar-refractivity contribution in [2.75, 3.05) is 20.3 Å². The van der Waals surface area contributed by atoms with E-state index >= 15 is 0 Å². The standard InChI is InChI=1S/C10H20N2O2/c1-7-4-5-12(8(7)2)10(13)9(11)6-14-3/h7-9H,4-6,11H2,1-3H3. The molecule has 0 radical (unpaired) electrons. The summed E-state index contributed by atoms with van der Waals surface area (Å²) in [6.07, 6.45) is 1.08. The second-order valence-electron chi connectivity index (χ2n) is 4.10. The van der Waals surface area contributed by atoms with Gasteiger partial charge in [-0.1, -0.05) is 6.92 Å². The molecular formula is C10H20N2O2. The lowest BCUT2D eigenvalue weighted by molar-refractivity contribution is -0.134. The third-order valence-electron chi connectivity index (χ3n) is 3.09. The summed E-state index contributed by atoms with van der Waals surface area (Å²) in [7, 11) is 1.56. The summed E-state index contributed by atoms with van der Waals surface area (Å²) in [5.74, 6) is 0.595. The SMILES string of the molecule is COCC(N)C(=O)N1CCC(C)C1C.